The molecule has 0 amide bonds. The van der Waals surface area contributed by atoms with Crippen LogP contribution in [0.15, 0.2) is 18.2 Å². The molecule has 0 bridgehead atoms. The van der Waals surface area contributed by atoms with Crippen LogP contribution >= 0.6 is 11.6 Å². The van der Waals surface area contributed by atoms with Gasteiger partial charge in [-0.3, -0.25) is 0 Å². The van der Waals surface area contributed by atoms with E-state index in [1.54, 1.807) is 17.9 Å². The second kappa shape index (κ2) is 6.41. The first-order valence-electron chi connectivity index (χ1n) is 6.73. The van der Waals surface area contributed by atoms with Crippen molar-refractivity contribution in [2.24, 2.45) is 5.41 Å². The van der Waals surface area contributed by atoms with Gasteiger partial charge in [-0.15, -0.1) is 5.10 Å². The van der Waals surface area contributed by atoms with Crippen molar-refractivity contribution in [2.75, 3.05) is 19.5 Å². The minimum atomic E-state index is 0.0181. The van der Waals surface area contributed by atoms with Gasteiger partial charge in [-0.2, -0.15) is 0 Å². The number of rotatable bonds is 6. The molecule has 0 saturated carbocycles. The largest absolute Gasteiger partial charge is 0.399 e. The molecule has 1 aromatic heterocycles. The van der Waals surface area contributed by atoms with Crippen LogP contribution in [-0.4, -0.2) is 33.9 Å². The average molecular weight is 310 g/mol. The van der Waals surface area contributed by atoms with Gasteiger partial charge in [0.1, 0.15) is 0 Å². The highest BCUT2D eigenvalue weighted by molar-refractivity contribution is 6.31. The quantitative estimate of drug-likeness (QED) is 0.830. The first kappa shape index (κ1) is 15.7. The predicted molar refractivity (Wildman–Crippen MR) is 82.9 cm³/mol. The molecule has 0 aliphatic rings. The van der Waals surface area contributed by atoms with E-state index >= 15 is 0 Å². The Hall–Kier alpha value is -1.66. The highest BCUT2D eigenvalue weighted by atomic mass is 35.5. The molecular weight excluding hydrogens is 290 g/mol. The minimum Gasteiger partial charge on any atom is -0.399 e. The topological polar surface area (TPSA) is 78.8 Å². The van der Waals surface area contributed by atoms with Crippen molar-refractivity contribution in [3.05, 3.63) is 23.2 Å². The van der Waals surface area contributed by atoms with E-state index in [0.717, 1.165) is 12.0 Å². The number of nitrogens with zero attached hydrogens (tertiary/aromatic N) is 4. The van der Waals surface area contributed by atoms with Crippen LogP contribution in [0.4, 0.5) is 5.69 Å². The molecule has 2 N–H and O–H groups in total. The molecule has 0 unspecified atom stereocenters. The van der Waals surface area contributed by atoms with E-state index in [1.165, 1.54) is 0 Å². The normalized spacial score (nSPS) is 11.8. The van der Waals surface area contributed by atoms with Gasteiger partial charge in [0, 0.05) is 30.0 Å². The lowest BCUT2D eigenvalue weighted by atomic mass is 9.89. The highest BCUT2D eigenvalue weighted by Crippen LogP contribution is 2.27. The van der Waals surface area contributed by atoms with Crippen molar-refractivity contribution >= 4 is 17.3 Å². The molecule has 0 saturated heterocycles. The molecule has 0 fully saturated rings. The molecule has 2 rings (SSSR count). The number of benzene rings is 1. The molecule has 1 aromatic carbocycles. The zero-order valence-electron chi connectivity index (χ0n) is 12.5. The summed E-state index contributed by atoms with van der Waals surface area (Å²) in [5, 5.41) is 12.5. The van der Waals surface area contributed by atoms with Crippen LogP contribution in [0.25, 0.3) is 11.4 Å². The number of nitrogen functional groups attached to an aromatic ring is 1. The third kappa shape index (κ3) is 4.15. The van der Waals surface area contributed by atoms with Gasteiger partial charge in [-0.1, -0.05) is 25.4 Å². The Bertz CT molecular complexity index is 591. The zero-order valence-corrected chi connectivity index (χ0v) is 13.3. The Morgan fingerprint density at radius 2 is 2.10 bits per heavy atom. The lowest BCUT2D eigenvalue weighted by Crippen LogP contribution is -2.23. The Morgan fingerprint density at radius 1 is 1.33 bits per heavy atom. The van der Waals surface area contributed by atoms with E-state index in [2.05, 4.69) is 29.4 Å². The van der Waals surface area contributed by atoms with E-state index in [9.17, 15) is 0 Å². The first-order chi connectivity index (χ1) is 9.91. The molecule has 7 heteroatoms. The molecule has 21 heavy (non-hydrogen) atoms. The maximum absolute atomic E-state index is 6.05. The number of hydrogen-bond donors (Lipinski definition) is 1. The summed E-state index contributed by atoms with van der Waals surface area (Å²) in [7, 11) is 1.70. The van der Waals surface area contributed by atoms with Crippen LogP contribution in [0.5, 0.6) is 0 Å². The summed E-state index contributed by atoms with van der Waals surface area (Å²) in [6, 6.07) is 5.32. The summed E-state index contributed by atoms with van der Waals surface area (Å²) in [6.07, 6.45) is 0.917. The van der Waals surface area contributed by atoms with Crippen molar-refractivity contribution in [2.45, 2.75) is 26.8 Å². The summed E-state index contributed by atoms with van der Waals surface area (Å²) >= 11 is 6.05. The number of nitrogens with two attached hydrogens (primary N) is 1. The fourth-order valence-electron chi connectivity index (χ4n) is 2.12. The van der Waals surface area contributed by atoms with Crippen molar-refractivity contribution < 1.29 is 4.74 Å². The van der Waals surface area contributed by atoms with Gasteiger partial charge in [-0.25, -0.2) is 4.68 Å². The van der Waals surface area contributed by atoms with E-state index < -0.39 is 0 Å². The molecule has 0 spiro atoms. The maximum atomic E-state index is 6.05. The monoisotopic (exact) mass is 309 g/mol. The molecule has 114 valence electrons. The molecular formula is C14H20ClN5O. The number of anilines is 1. The van der Waals surface area contributed by atoms with Crippen LogP contribution in [0, 0.1) is 5.41 Å². The van der Waals surface area contributed by atoms with Gasteiger partial charge < -0.3 is 10.5 Å². The summed E-state index contributed by atoms with van der Waals surface area (Å²) in [5.41, 5.74) is 7.25. The average Bonchev–Trinajstić information content (AvgIpc) is 2.82. The molecule has 2 aromatic rings. The maximum Gasteiger partial charge on any atom is 0.182 e. The Kier molecular flexibility index (Phi) is 4.80. The summed E-state index contributed by atoms with van der Waals surface area (Å²) in [4.78, 5) is 0. The second-order valence-electron chi connectivity index (χ2n) is 5.84. The van der Waals surface area contributed by atoms with E-state index in [1.807, 2.05) is 12.1 Å². The second-order valence-corrected chi connectivity index (χ2v) is 6.28. The van der Waals surface area contributed by atoms with Crippen LogP contribution < -0.4 is 5.73 Å². The SMILES string of the molecule is COCCC(C)(C)Cn1nnnc1-c1cc(N)cc(Cl)c1. The Balaban J connectivity index is 2.26. The van der Waals surface area contributed by atoms with E-state index in [4.69, 9.17) is 22.1 Å². The van der Waals surface area contributed by atoms with Gasteiger partial charge in [-0.05, 0) is 40.5 Å². The molecule has 0 atom stereocenters. The van der Waals surface area contributed by atoms with Gasteiger partial charge >= 0.3 is 0 Å². The molecule has 1 heterocycles. The van der Waals surface area contributed by atoms with Crippen molar-refractivity contribution in [1.82, 2.24) is 20.2 Å². The highest BCUT2D eigenvalue weighted by Gasteiger charge is 2.22. The van der Waals surface area contributed by atoms with Crippen LogP contribution in [-0.2, 0) is 11.3 Å². The smallest absolute Gasteiger partial charge is 0.182 e. The van der Waals surface area contributed by atoms with Crippen molar-refractivity contribution in [3.8, 4) is 11.4 Å². The standard InChI is InChI=1S/C14H20ClN5O/c1-14(2,4-5-21-3)9-20-13(17-18-19-20)10-6-11(15)8-12(16)7-10/h6-8H,4-5,9,16H2,1-3H3. The molecule has 0 aliphatic carbocycles. The summed E-state index contributed by atoms with van der Waals surface area (Å²) < 4.78 is 6.93. The van der Waals surface area contributed by atoms with Crippen LogP contribution in [0.2, 0.25) is 5.02 Å². The Labute approximate surface area is 129 Å². The lowest BCUT2D eigenvalue weighted by Gasteiger charge is -2.24. The number of ether oxygens (including phenoxy) is 1. The van der Waals surface area contributed by atoms with Gasteiger partial charge in [0.25, 0.3) is 0 Å². The number of aromatic nitrogens is 4. The number of halogens is 1. The number of hydrogen-bond acceptors (Lipinski definition) is 5. The fourth-order valence-corrected chi connectivity index (χ4v) is 2.37. The van der Waals surface area contributed by atoms with Crippen molar-refractivity contribution in [1.29, 1.82) is 0 Å². The number of tetrazole rings is 1. The van der Waals surface area contributed by atoms with Crippen LogP contribution in [0.1, 0.15) is 20.3 Å². The molecule has 0 radical (unpaired) electrons. The summed E-state index contributed by atoms with van der Waals surface area (Å²) in [5.74, 6) is 0.662. The molecule has 0 aliphatic heterocycles. The van der Waals surface area contributed by atoms with Gasteiger partial charge in [0.2, 0.25) is 0 Å². The van der Waals surface area contributed by atoms with Gasteiger partial charge in [0.05, 0.1) is 6.54 Å². The third-order valence-corrected chi connectivity index (χ3v) is 3.49. The number of methoxy groups -OCH3 is 1. The molecule has 6 nitrogen and oxygen atoms in total. The first-order valence-corrected chi connectivity index (χ1v) is 7.11. The third-order valence-electron chi connectivity index (χ3n) is 3.27. The van der Waals surface area contributed by atoms with E-state index in [-0.39, 0.29) is 5.41 Å². The van der Waals surface area contributed by atoms with E-state index in [0.29, 0.717) is 29.7 Å². The van der Waals surface area contributed by atoms with Crippen molar-refractivity contribution in [3.63, 3.8) is 0 Å². The predicted octanol–water partition coefficient (Wildman–Crippen LogP) is 2.64. The fraction of sp³-hybridized carbons (Fsp3) is 0.500. The minimum absolute atomic E-state index is 0.0181. The van der Waals surface area contributed by atoms with Gasteiger partial charge in [0.15, 0.2) is 5.82 Å². The summed E-state index contributed by atoms with van der Waals surface area (Å²) in [6.45, 7) is 5.70. The zero-order chi connectivity index (χ0) is 15.5. The van der Waals surface area contributed by atoms with Crippen LogP contribution in [0.3, 0.4) is 0 Å². The lowest BCUT2D eigenvalue weighted by molar-refractivity contribution is 0.140. The Morgan fingerprint density at radius 3 is 2.76 bits per heavy atom.